The number of rotatable bonds is 18. The minimum atomic E-state index is -1.52. The van der Waals surface area contributed by atoms with Crippen LogP contribution in [0.25, 0.3) is 0 Å². The van der Waals surface area contributed by atoms with Crippen LogP contribution < -0.4 is 33.2 Å². The second kappa shape index (κ2) is 16.7. The standard InChI is InChI=1S/C21H37N7O9/c1-10(2)16(28-17(33)11(22)5-7-14(29)30)19(35)26-12(4-3-9-25-21(23)24)18(34)27-13(20(36)37)6-8-15(31)32/h10-13,16H,3-9,22H2,1-2H3,(H,26,35)(H,27,34)(H,28,33)(H,29,30)(H,31,32)(H,36,37)(H4,23,24,25). The fourth-order valence-corrected chi connectivity index (χ4v) is 3.04. The molecule has 0 fully saturated rings. The second-order valence-corrected chi connectivity index (χ2v) is 8.61. The quantitative estimate of drug-likeness (QED) is 0.0495. The molecule has 16 nitrogen and oxygen atoms in total. The topological polar surface area (TPSA) is 290 Å². The Morgan fingerprint density at radius 1 is 0.757 bits per heavy atom. The van der Waals surface area contributed by atoms with Crippen LogP contribution in [0.4, 0.5) is 0 Å². The summed E-state index contributed by atoms with van der Waals surface area (Å²) >= 11 is 0. The van der Waals surface area contributed by atoms with Crippen molar-refractivity contribution in [3.63, 3.8) is 0 Å². The van der Waals surface area contributed by atoms with Gasteiger partial charge in [-0.15, -0.1) is 0 Å². The summed E-state index contributed by atoms with van der Waals surface area (Å²) in [4.78, 5) is 75.0. The molecule has 0 spiro atoms. The van der Waals surface area contributed by atoms with Crippen LogP contribution in [0.3, 0.4) is 0 Å². The summed E-state index contributed by atoms with van der Waals surface area (Å²) in [7, 11) is 0. The second-order valence-electron chi connectivity index (χ2n) is 8.61. The van der Waals surface area contributed by atoms with E-state index in [1.807, 2.05) is 0 Å². The minimum absolute atomic E-state index is 0.0174. The maximum absolute atomic E-state index is 13.0. The van der Waals surface area contributed by atoms with Gasteiger partial charge in [-0.25, -0.2) is 4.79 Å². The average molecular weight is 532 g/mol. The first kappa shape index (κ1) is 33.0. The Bertz CT molecular complexity index is 859. The molecule has 4 unspecified atom stereocenters. The monoisotopic (exact) mass is 531 g/mol. The number of nitrogens with two attached hydrogens (primary N) is 3. The van der Waals surface area contributed by atoms with E-state index in [0.717, 1.165) is 0 Å². The van der Waals surface area contributed by atoms with E-state index in [0.29, 0.717) is 0 Å². The number of guanidine groups is 1. The van der Waals surface area contributed by atoms with Gasteiger partial charge >= 0.3 is 17.9 Å². The molecule has 210 valence electrons. The van der Waals surface area contributed by atoms with Crippen molar-refractivity contribution in [3.05, 3.63) is 0 Å². The Hall–Kier alpha value is -3.95. The normalized spacial score (nSPS) is 13.9. The first-order valence-electron chi connectivity index (χ1n) is 11.5. The molecular formula is C21H37N7O9. The van der Waals surface area contributed by atoms with Gasteiger partial charge in [-0.1, -0.05) is 13.8 Å². The highest BCUT2D eigenvalue weighted by Gasteiger charge is 2.31. The molecule has 16 heteroatoms. The van der Waals surface area contributed by atoms with Gasteiger partial charge in [-0.3, -0.25) is 29.0 Å². The molecule has 0 aromatic heterocycles. The van der Waals surface area contributed by atoms with Crippen molar-refractivity contribution in [2.24, 2.45) is 28.1 Å². The van der Waals surface area contributed by atoms with Crippen molar-refractivity contribution in [3.8, 4) is 0 Å². The van der Waals surface area contributed by atoms with Gasteiger partial charge in [0.05, 0.1) is 6.04 Å². The van der Waals surface area contributed by atoms with Crippen molar-refractivity contribution in [1.29, 1.82) is 0 Å². The number of carbonyl (C=O) groups excluding carboxylic acids is 3. The molecule has 37 heavy (non-hydrogen) atoms. The van der Waals surface area contributed by atoms with Crippen LogP contribution in [0.15, 0.2) is 4.99 Å². The number of aliphatic imine (C=N–C) groups is 1. The van der Waals surface area contributed by atoms with Crippen LogP contribution in [0.2, 0.25) is 0 Å². The number of aliphatic carboxylic acids is 3. The Balaban J connectivity index is 5.57. The van der Waals surface area contributed by atoms with Crippen molar-refractivity contribution in [2.45, 2.75) is 76.5 Å². The van der Waals surface area contributed by atoms with Crippen LogP contribution >= 0.6 is 0 Å². The number of hydrogen-bond donors (Lipinski definition) is 9. The van der Waals surface area contributed by atoms with Gasteiger partial charge in [0.1, 0.15) is 18.1 Å². The predicted octanol–water partition coefficient (Wildman–Crippen LogP) is -2.71. The fraction of sp³-hybridized carbons (Fsp3) is 0.667. The van der Waals surface area contributed by atoms with E-state index in [2.05, 4.69) is 20.9 Å². The summed E-state index contributed by atoms with van der Waals surface area (Å²) in [6.07, 6.45) is -1.21. The van der Waals surface area contributed by atoms with Crippen molar-refractivity contribution in [1.82, 2.24) is 16.0 Å². The number of hydrogen-bond acceptors (Lipinski definition) is 8. The first-order chi connectivity index (χ1) is 17.1. The molecule has 0 aliphatic rings. The molecule has 3 amide bonds. The SMILES string of the molecule is CC(C)C(NC(=O)C(N)CCC(=O)O)C(=O)NC(CCCN=C(N)N)C(=O)NC(CCC(=O)O)C(=O)O. The summed E-state index contributed by atoms with van der Waals surface area (Å²) in [5, 5.41) is 34.0. The molecular weight excluding hydrogens is 494 g/mol. The maximum atomic E-state index is 13.0. The fourth-order valence-electron chi connectivity index (χ4n) is 3.04. The maximum Gasteiger partial charge on any atom is 0.326 e. The van der Waals surface area contributed by atoms with Gasteiger partial charge in [-0.05, 0) is 31.6 Å². The molecule has 0 aliphatic heterocycles. The van der Waals surface area contributed by atoms with E-state index >= 15 is 0 Å². The summed E-state index contributed by atoms with van der Waals surface area (Å²) in [6.45, 7) is 3.34. The van der Waals surface area contributed by atoms with E-state index in [4.69, 9.17) is 27.4 Å². The number of amides is 3. The molecule has 0 bridgehead atoms. The van der Waals surface area contributed by atoms with Crippen molar-refractivity contribution < 1.29 is 44.1 Å². The smallest absolute Gasteiger partial charge is 0.326 e. The third kappa shape index (κ3) is 14.3. The predicted molar refractivity (Wildman–Crippen MR) is 130 cm³/mol. The third-order valence-electron chi connectivity index (χ3n) is 5.09. The van der Waals surface area contributed by atoms with Gasteiger partial charge < -0.3 is 48.5 Å². The van der Waals surface area contributed by atoms with E-state index < -0.39 is 72.1 Å². The summed E-state index contributed by atoms with van der Waals surface area (Å²) in [5.41, 5.74) is 16.2. The number of carboxylic acid groups (broad SMARTS) is 3. The molecule has 0 aliphatic carbocycles. The number of carboxylic acids is 3. The molecule has 0 aromatic rings. The lowest BCUT2D eigenvalue weighted by atomic mass is 10.0. The van der Waals surface area contributed by atoms with Crippen molar-refractivity contribution >= 4 is 41.6 Å². The molecule has 0 saturated heterocycles. The Labute approximate surface area is 213 Å². The highest BCUT2D eigenvalue weighted by molar-refractivity contribution is 5.94. The first-order valence-corrected chi connectivity index (χ1v) is 11.5. The number of nitrogens with one attached hydrogen (secondary N) is 3. The van der Waals surface area contributed by atoms with Crippen LogP contribution in [-0.2, 0) is 28.8 Å². The van der Waals surface area contributed by atoms with E-state index in [1.54, 1.807) is 13.8 Å². The lowest BCUT2D eigenvalue weighted by Gasteiger charge is -2.27. The molecule has 4 atom stereocenters. The zero-order chi connectivity index (χ0) is 28.7. The van der Waals surface area contributed by atoms with E-state index in [-0.39, 0.29) is 44.6 Å². The summed E-state index contributed by atoms with van der Waals surface area (Å²) < 4.78 is 0. The van der Waals surface area contributed by atoms with Gasteiger partial charge in [0, 0.05) is 19.4 Å². The molecule has 0 saturated carbocycles. The number of carbonyl (C=O) groups is 6. The minimum Gasteiger partial charge on any atom is -0.481 e. The molecule has 0 heterocycles. The highest BCUT2D eigenvalue weighted by Crippen LogP contribution is 2.08. The van der Waals surface area contributed by atoms with Gasteiger partial charge in [0.15, 0.2) is 5.96 Å². The van der Waals surface area contributed by atoms with E-state index in [1.165, 1.54) is 0 Å². The van der Waals surface area contributed by atoms with Crippen LogP contribution in [0, 0.1) is 5.92 Å². The Morgan fingerprint density at radius 3 is 1.78 bits per heavy atom. The summed E-state index contributed by atoms with van der Waals surface area (Å²) in [5.74, 6) is -6.92. The lowest BCUT2D eigenvalue weighted by Crippen LogP contribution is -2.58. The van der Waals surface area contributed by atoms with Crippen LogP contribution in [0.1, 0.15) is 52.4 Å². The third-order valence-corrected chi connectivity index (χ3v) is 5.09. The van der Waals surface area contributed by atoms with Crippen molar-refractivity contribution in [2.75, 3.05) is 6.54 Å². The average Bonchev–Trinajstić information content (AvgIpc) is 2.79. The van der Waals surface area contributed by atoms with Gasteiger partial charge in [0.2, 0.25) is 17.7 Å². The van der Waals surface area contributed by atoms with E-state index in [9.17, 15) is 33.9 Å². The highest BCUT2D eigenvalue weighted by atomic mass is 16.4. The zero-order valence-corrected chi connectivity index (χ0v) is 20.8. The molecule has 0 rings (SSSR count). The van der Waals surface area contributed by atoms with Crippen LogP contribution in [0.5, 0.6) is 0 Å². The molecule has 0 radical (unpaired) electrons. The Kier molecular flexibility index (Phi) is 14.9. The largest absolute Gasteiger partial charge is 0.481 e. The zero-order valence-electron chi connectivity index (χ0n) is 20.8. The van der Waals surface area contributed by atoms with Crippen LogP contribution in [-0.4, -0.2) is 87.6 Å². The molecule has 12 N–H and O–H groups in total. The molecule has 0 aromatic carbocycles. The summed E-state index contributed by atoms with van der Waals surface area (Å²) in [6, 6.07) is -5.13. The Morgan fingerprint density at radius 2 is 1.30 bits per heavy atom. The van der Waals surface area contributed by atoms with Gasteiger partial charge in [-0.2, -0.15) is 0 Å². The number of nitrogens with zero attached hydrogens (tertiary/aromatic N) is 1. The lowest BCUT2D eigenvalue weighted by molar-refractivity contribution is -0.143. The van der Waals surface area contributed by atoms with Gasteiger partial charge in [0.25, 0.3) is 0 Å².